The number of hydrogen-bond acceptors (Lipinski definition) is 6. The maximum absolute atomic E-state index is 12.5. The second-order valence-corrected chi connectivity index (χ2v) is 8.24. The van der Waals surface area contributed by atoms with Crippen LogP contribution in [0.15, 0.2) is 35.1 Å². The van der Waals surface area contributed by atoms with Gasteiger partial charge in [-0.25, -0.2) is 0 Å². The molecule has 2 fully saturated rings. The van der Waals surface area contributed by atoms with Gasteiger partial charge in [0.15, 0.2) is 11.5 Å². The Morgan fingerprint density at radius 1 is 1.03 bits per heavy atom. The predicted octanol–water partition coefficient (Wildman–Crippen LogP) is 2.93. The molecule has 0 bridgehead atoms. The van der Waals surface area contributed by atoms with Crippen molar-refractivity contribution < 1.29 is 14.2 Å². The summed E-state index contributed by atoms with van der Waals surface area (Å²) in [7, 11) is 0. The number of hydrogen-bond donors (Lipinski definition) is 1. The number of pyridine rings is 1. The molecule has 0 radical (unpaired) electrons. The Morgan fingerprint density at radius 2 is 1.93 bits per heavy atom. The van der Waals surface area contributed by atoms with Crippen LogP contribution in [-0.4, -0.2) is 50.7 Å². The summed E-state index contributed by atoms with van der Waals surface area (Å²) in [5, 5.41) is 0. The van der Waals surface area contributed by atoms with Crippen LogP contribution < -0.4 is 24.8 Å². The maximum atomic E-state index is 12.5. The smallest absolute Gasteiger partial charge is 0.251 e. The lowest BCUT2D eigenvalue weighted by atomic mass is 9.99. The summed E-state index contributed by atoms with van der Waals surface area (Å²) >= 11 is 0. The molecule has 30 heavy (non-hydrogen) atoms. The molecular formula is C23H29N3O4. The highest BCUT2D eigenvalue weighted by molar-refractivity contribution is 5.56. The fourth-order valence-corrected chi connectivity index (χ4v) is 4.79. The summed E-state index contributed by atoms with van der Waals surface area (Å²) in [4.78, 5) is 20.3. The van der Waals surface area contributed by atoms with Crippen LogP contribution in [0.25, 0.3) is 0 Å². The largest absolute Gasteiger partial charge is 0.454 e. The Bertz CT molecular complexity index is 938. The van der Waals surface area contributed by atoms with E-state index in [1.807, 2.05) is 12.1 Å². The summed E-state index contributed by atoms with van der Waals surface area (Å²) in [5.41, 5.74) is 2.11. The molecule has 3 aliphatic rings. The van der Waals surface area contributed by atoms with Gasteiger partial charge in [0.1, 0.15) is 5.82 Å². The first-order valence-electron chi connectivity index (χ1n) is 11.0. The van der Waals surface area contributed by atoms with Gasteiger partial charge in [0.05, 0.1) is 13.2 Å². The van der Waals surface area contributed by atoms with E-state index in [1.54, 1.807) is 6.07 Å². The normalized spacial score (nSPS) is 21.5. The molecule has 7 nitrogen and oxygen atoms in total. The number of fused-ring (bicyclic) bond motifs is 1. The molecule has 0 aliphatic carbocycles. The highest BCUT2D eigenvalue weighted by atomic mass is 16.7. The predicted molar refractivity (Wildman–Crippen MR) is 116 cm³/mol. The third kappa shape index (κ3) is 3.99. The summed E-state index contributed by atoms with van der Waals surface area (Å²) in [6.45, 7) is 4.28. The van der Waals surface area contributed by atoms with Crippen LogP contribution in [-0.2, 0) is 11.2 Å². The minimum atomic E-state index is -0.0469. The summed E-state index contributed by atoms with van der Waals surface area (Å²) in [6.07, 6.45) is 5.51. The van der Waals surface area contributed by atoms with Crippen LogP contribution in [0.2, 0.25) is 0 Å². The molecule has 0 saturated carbocycles. The molecule has 7 heteroatoms. The van der Waals surface area contributed by atoms with Crippen molar-refractivity contribution in [3.05, 3.63) is 46.2 Å². The van der Waals surface area contributed by atoms with Gasteiger partial charge in [0.25, 0.3) is 5.56 Å². The lowest BCUT2D eigenvalue weighted by Gasteiger charge is -2.34. The van der Waals surface area contributed by atoms with Gasteiger partial charge < -0.3 is 29.0 Å². The van der Waals surface area contributed by atoms with Crippen molar-refractivity contribution in [2.24, 2.45) is 0 Å². The molecule has 5 rings (SSSR count). The maximum Gasteiger partial charge on any atom is 0.251 e. The van der Waals surface area contributed by atoms with Crippen LogP contribution in [0.1, 0.15) is 31.2 Å². The standard InChI is InChI=1S/C23H29N3O4/c27-22-15-19(25-9-11-28-12-10-25)14-21(24-22)26-8-3-1-2-6-18(26)13-17-5-4-7-20-23(17)30-16-29-20/h4-5,7,14-15,18H,1-3,6,8-13,16H2,(H,24,27)/t18-/m1/s1. The Labute approximate surface area is 176 Å². The molecule has 1 aromatic carbocycles. The van der Waals surface area contributed by atoms with Crippen molar-refractivity contribution in [2.45, 2.75) is 38.1 Å². The van der Waals surface area contributed by atoms with Gasteiger partial charge in [-0.3, -0.25) is 4.79 Å². The van der Waals surface area contributed by atoms with Crippen molar-refractivity contribution in [1.29, 1.82) is 0 Å². The van der Waals surface area contributed by atoms with E-state index in [-0.39, 0.29) is 12.4 Å². The number of aromatic amines is 1. The van der Waals surface area contributed by atoms with Gasteiger partial charge in [-0.05, 0) is 25.3 Å². The third-order valence-corrected chi connectivity index (χ3v) is 6.31. The molecule has 3 aliphatic heterocycles. The van der Waals surface area contributed by atoms with Gasteiger partial charge in [-0.15, -0.1) is 0 Å². The van der Waals surface area contributed by atoms with Crippen molar-refractivity contribution in [2.75, 3.05) is 49.4 Å². The summed E-state index contributed by atoms with van der Waals surface area (Å²) in [5.74, 6) is 2.62. The number of ether oxygens (including phenoxy) is 3. The van der Waals surface area contributed by atoms with E-state index in [0.717, 1.165) is 61.9 Å². The number of para-hydroxylation sites is 1. The third-order valence-electron chi connectivity index (χ3n) is 6.31. The lowest BCUT2D eigenvalue weighted by molar-refractivity contribution is 0.122. The van der Waals surface area contributed by atoms with E-state index in [9.17, 15) is 4.79 Å². The monoisotopic (exact) mass is 411 g/mol. The molecule has 4 heterocycles. The molecule has 2 saturated heterocycles. The minimum Gasteiger partial charge on any atom is -0.454 e. The topological polar surface area (TPSA) is 67.0 Å². The average molecular weight is 412 g/mol. The Morgan fingerprint density at radius 3 is 2.83 bits per heavy atom. The molecule has 160 valence electrons. The van der Waals surface area contributed by atoms with Gasteiger partial charge >= 0.3 is 0 Å². The zero-order valence-corrected chi connectivity index (χ0v) is 17.3. The quantitative estimate of drug-likeness (QED) is 0.835. The van der Waals surface area contributed by atoms with Crippen LogP contribution >= 0.6 is 0 Å². The molecular weight excluding hydrogens is 382 g/mol. The van der Waals surface area contributed by atoms with Crippen LogP contribution in [0.3, 0.4) is 0 Å². The van der Waals surface area contributed by atoms with E-state index in [1.165, 1.54) is 18.4 Å². The number of nitrogens with one attached hydrogen (secondary N) is 1. The summed E-state index contributed by atoms with van der Waals surface area (Å²) < 4.78 is 16.8. The van der Waals surface area contributed by atoms with Gasteiger partial charge in [-0.1, -0.05) is 25.0 Å². The zero-order valence-electron chi connectivity index (χ0n) is 17.3. The number of anilines is 2. The Balaban J connectivity index is 1.44. The average Bonchev–Trinajstić information content (AvgIpc) is 3.14. The van der Waals surface area contributed by atoms with Crippen molar-refractivity contribution in [3.63, 3.8) is 0 Å². The lowest BCUT2D eigenvalue weighted by Crippen LogP contribution is -2.39. The van der Waals surface area contributed by atoms with Crippen molar-refractivity contribution in [1.82, 2.24) is 4.98 Å². The van der Waals surface area contributed by atoms with Crippen molar-refractivity contribution >= 4 is 11.5 Å². The first kappa shape index (κ1) is 19.3. The van der Waals surface area contributed by atoms with Crippen LogP contribution in [0.4, 0.5) is 11.5 Å². The van der Waals surface area contributed by atoms with E-state index in [2.05, 4.69) is 26.9 Å². The second kappa shape index (κ2) is 8.60. The highest BCUT2D eigenvalue weighted by Gasteiger charge is 2.26. The summed E-state index contributed by atoms with van der Waals surface area (Å²) in [6, 6.07) is 10.3. The number of benzene rings is 1. The highest BCUT2D eigenvalue weighted by Crippen LogP contribution is 2.37. The van der Waals surface area contributed by atoms with E-state index in [4.69, 9.17) is 14.2 Å². The number of H-pyrrole nitrogens is 1. The molecule has 0 spiro atoms. The molecule has 0 unspecified atom stereocenters. The number of morpholine rings is 1. The molecule has 2 aromatic rings. The first-order chi connectivity index (χ1) is 14.8. The van der Waals surface area contributed by atoms with Gasteiger partial charge in [-0.2, -0.15) is 0 Å². The minimum absolute atomic E-state index is 0.0469. The second-order valence-electron chi connectivity index (χ2n) is 8.24. The van der Waals surface area contributed by atoms with E-state index < -0.39 is 0 Å². The van der Waals surface area contributed by atoms with Crippen LogP contribution in [0.5, 0.6) is 11.5 Å². The van der Waals surface area contributed by atoms with Crippen LogP contribution in [0, 0.1) is 0 Å². The fraction of sp³-hybridized carbons (Fsp3) is 0.522. The first-order valence-corrected chi connectivity index (χ1v) is 11.0. The van der Waals surface area contributed by atoms with E-state index in [0.29, 0.717) is 19.3 Å². The Kier molecular flexibility index (Phi) is 5.53. The molecule has 0 amide bonds. The van der Waals surface area contributed by atoms with Gasteiger partial charge in [0.2, 0.25) is 6.79 Å². The number of nitrogens with zero attached hydrogens (tertiary/aromatic N) is 2. The number of rotatable bonds is 4. The van der Waals surface area contributed by atoms with Gasteiger partial charge in [0, 0.05) is 49.1 Å². The zero-order chi connectivity index (χ0) is 20.3. The SMILES string of the molecule is O=c1cc(N2CCOCC2)cc(N2CCCCC[C@@H]2Cc2cccc3c2OCO3)[nH]1. The molecule has 1 aromatic heterocycles. The molecule has 1 N–H and O–H groups in total. The van der Waals surface area contributed by atoms with Crippen molar-refractivity contribution in [3.8, 4) is 11.5 Å². The Hall–Kier alpha value is -2.67. The molecule has 1 atom stereocenters. The number of aromatic nitrogens is 1. The van der Waals surface area contributed by atoms with E-state index >= 15 is 0 Å². The fourth-order valence-electron chi connectivity index (χ4n) is 4.79.